The molecule has 2 N–H and O–H groups in total. The van der Waals surface area contributed by atoms with E-state index in [1.54, 1.807) is 12.1 Å². The van der Waals surface area contributed by atoms with Crippen molar-refractivity contribution >= 4 is 17.6 Å². The number of aryl methyl sites for hydroxylation is 1. The Morgan fingerprint density at radius 2 is 2.19 bits per heavy atom. The zero-order valence-electron chi connectivity index (χ0n) is 15.0. The third-order valence-electron chi connectivity index (χ3n) is 3.66. The highest BCUT2D eigenvalue weighted by Crippen LogP contribution is 2.25. The van der Waals surface area contributed by atoms with Crippen LogP contribution in [0.5, 0.6) is 5.75 Å². The number of nitrogens with one attached hydrogen (secondary N) is 2. The quantitative estimate of drug-likeness (QED) is 0.406. The molecular weight excluding hydrogens is 378 g/mol. The lowest BCUT2D eigenvalue weighted by atomic mass is 10.2. The Morgan fingerprint density at radius 1 is 1.41 bits per heavy atom. The first-order valence-electron chi connectivity index (χ1n) is 8.12. The molecule has 10 heteroatoms. The lowest BCUT2D eigenvalue weighted by Crippen LogP contribution is -2.37. The summed E-state index contributed by atoms with van der Waals surface area (Å²) < 4.78 is 31.5. The number of guanidine groups is 1. The molecule has 7 nitrogen and oxygen atoms in total. The number of nitrogens with zero attached hydrogens (tertiary/aromatic N) is 4. The van der Waals surface area contributed by atoms with Crippen molar-refractivity contribution < 1.29 is 13.5 Å². The lowest BCUT2D eigenvalue weighted by Gasteiger charge is -2.13. The van der Waals surface area contributed by atoms with Crippen LogP contribution in [0.1, 0.15) is 17.2 Å². The fraction of sp³-hybridized carbons (Fsp3) is 0.353. The summed E-state index contributed by atoms with van der Waals surface area (Å²) in [5.41, 5.74) is 0.442. The summed E-state index contributed by atoms with van der Waals surface area (Å²) in [4.78, 5) is 4.40. The van der Waals surface area contributed by atoms with Gasteiger partial charge in [-0.15, -0.1) is 16.8 Å². The topological polar surface area (TPSA) is 76.4 Å². The minimum atomic E-state index is -2.93. The van der Waals surface area contributed by atoms with Gasteiger partial charge >= 0.3 is 6.61 Å². The molecule has 2 rings (SSSR count). The minimum absolute atomic E-state index is 0.0325. The van der Waals surface area contributed by atoms with E-state index in [9.17, 15) is 8.78 Å². The second kappa shape index (κ2) is 9.86. The Morgan fingerprint density at radius 3 is 2.81 bits per heavy atom. The molecule has 2 aromatic rings. The summed E-state index contributed by atoms with van der Waals surface area (Å²) in [5, 5.41) is 14.6. The molecule has 0 radical (unpaired) electrons. The number of halogens is 3. The van der Waals surface area contributed by atoms with Crippen molar-refractivity contribution in [2.75, 3.05) is 6.54 Å². The van der Waals surface area contributed by atoms with Gasteiger partial charge < -0.3 is 19.9 Å². The Hall–Kier alpha value is -2.68. The van der Waals surface area contributed by atoms with Gasteiger partial charge in [0.05, 0.1) is 13.1 Å². The summed E-state index contributed by atoms with van der Waals surface area (Å²) in [6.45, 7) is 3.53. The number of benzene rings is 1. The predicted octanol–water partition coefficient (Wildman–Crippen LogP) is 2.80. The van der Waals surface area contributed by atoms with Crippen LogP contribution in [0, 0.1) is 6.92 Å². The molecule has 0 spiro atoms. The number of aliphatic imine (C=N–C) groups is 1. The third kappa shape index (κ3) is 6.21. The van der Waals surface area contributed by atoms with Gasteiger partial charge in [-0.3, -0.25) is 0 Å². The Bertz CT molecular complexity index is 809. The van der Waals surface area contributed by atoms with E-state index in [0.29, 0.717) is 29.6 Å². The first-order valence-corrected chi connectivity index (χ1v) is 8.49. The molecule has 0 aliphatic heterocycles. The SMILES string of the molecule is C=CCNC(=NCc1cc(Cl)ccc1OC(F)F)NCc1nnc(C)n1C. The van der Waals surface area contributed by atoms with Gasteiger partial charge in [-0.05, 0) is 25.1 Å². The molecule has 27 heavy (non-hydrogen) atoms. The van der Waals surface area contributed by atoms with Gasteiger partial charge in [0.15, 0.2) is 11.8 Å². The molecule has 1 heterocycles. The molecule has 0 aliphatic rings. The van der Waals surface area contributed by atoms with E-state index in [1.807, 2.05) is 18.5 Å². The second-order valence-corrected chi connectivity index (χ2v) is 5.98. The predicted molar refractivity (Wildman–Crippen MR) is 100 cm³/mol. The van der Waals surface area contributed by atoms with Gasteiger partial charge in [-0.25, -0.2) is 4.99 Å². The summed E-state index contributed by atoms with van der Waals surface area (Å²) in [7, 11) is 1.86. The van der Waals surface area contributed by atoms with E-state index in [2.05, 4.69) is 37.1 Å². The molecule has 1 aromatic carbocycles. The fourth-order valence-corrected chi connectivity index (χ4v) is 2.35. The summed E-state index contributed by atoms with van der Waals surface area (Å²) in [5.74, 6) is 2.01. The molecule has 0 atom stereocenters. The average molecular weight is 399 g/mol. The van der Waals surface area contributed by atoms with Crippen LogP contribution < -0.4 is 15.4 Å². The minimum Gasteiger partial charge on any atom is -0.434 e. The van der Waals surface area contributed by atoms with Gasteiger partial charge in [0.2, 0.25) is 0 Å². The van der Waals surface area contributed by atoms with Gasteiger partial charge in [0, 0.05) is 24.2 Å². The number of alkyl halides is 2. The molecule has 0 bridgehead atoms. The number of ether oxygens (including phenoxy) is 1. The molecule has 0 aliphatic carbocycles. The standard InChI is InChI=1S/C17H21ClF2N6O/c1-4-7-21-17(23-10-15-25-24-11(2)26(15)3)22-9-12-8-13(18)5-6-14(12)27-16(19)20/h4-6,8,16H,1,7,9-10H2,2-3H3,(H2,21,22,23). The highest BCUT2D eigenvalue weighted by Gasteiger charge is 2.11. The average Bonchev–Trinajstić information content (AvgIpc) is 2.94. The van der Waals surface area contributed by atoms with E-state index < -0.39 is 6.61 Å². The highest BCUT2D eigenvalue weighted by atomic mass is 35.5. The molecule has 1 aromatic heterocycles. The van der Waals surface area contributed by atoms with Crippen LogP contribution in [0.3, 0.4) is 0 Å². The maximum absolute atomic E-state index is 12.6. The van der Waals surface area contributed by atoms with Gasteiger partial charge in [0.1, 0.15) is 11.6 Å². The van der Waals surface area contributed by atoms with Crippen LogP contribution in [-0.2, 0) is 20.1 Å². The highest BCUT2D eigenvalue weighted by molar-refractivity contribution is 6.30. The van der Waals surface area contributed by atoms with Crippen LogP contribution in [0.25, 0.3) is 0 Å². The largest absolute Gasteiger partial charge is 0.434 e. The van der Waals surface area contributed by atoms with Gasteiger partial charge in [-0.1, -0.05) is 17.7 Å². The molecule has 0 amide bonds. The van der Waals surface area contributed by atoms with Crippen molar-refractivity contribution in [2.45, 2.75) is 26.6 Å². The smallest absolute Gasteiger partial charge is 0.387 e. The zero-order chi connectivity index (χ0) is 19.8. The molecule has 0 unspecified atom stereocenters. The molecular formula is C17H21ClF2N6O. The van der Waals surface area contributed by atoms with Gasteiger partial charge in [-0.2, -0.15) is 8.78 Å². The van der Waals surface area contributed by atoms with Crippen molar-refractivity contribution in [3.63, 3.8) is 0 Å². The maximum atomic E-state index is 12.6. The number of rotatable bonds is 8. The summed E-state index contributed by atoms with van der Waals surface area (Å²) >= 11 is 5.96. The van der Waals surface area contributed by atoms with Crippen LogP contribution in [0.2, 0.25) is 5.02 Å². The summed E-state index contributed by atoms with van der Waals surface area (Å²) in [6.07, 6.45) is 1.67. The zero-order valence-corrected chi connectivity index (χ0v) is 15.8. The van der Waals surface area contributed by atoms with E-state index >= 15 is 0 Å². The van der Waals surface area contributed by atoms with Crippen LogP contribution in [0.15, 0.2) is 35.8 Å². The number of aromatic nitrogens is 3. The maximum Gasteiger partial charge on any atom is 0.387 e. The Kier molecular flexibility index (Phi) is 7.54. The molecule has 0 fully saturated rings. The van der Waals surface area contributed by atoms with Crippen molar-refractivity contribution in [2.24, 2.45) is 12.0 Å². The normalized spacial score (nSPS) is 11.6. The Balaban J connectivity index is 2.13. The van der Waals surface area contributed by atoms with E-state index in [0.717, 1.165) is 11.6 Å². The van der Waals surface area contributed by atoms with E-state index in [4.69, 9.17) is 11.6 Å². The van der Waals surface area contributed by atoms with Crippen molar-refractivity contribution in [3.05, 3.63) is 53.1 Å². The lowest BCUT2D eigenvalue weighted by molar-refractivity contribution is -0.0504. The van der Waals surface area contributed by atoms with Crippen LogP contribution in [0.4, 0.5) is 8.78 Å². The van der Waals surface area contributed by atoms with Crippen molar-refractivity contribution in [3.8, 4) is 5.75 Å². The van der Waals surface area contributed by atoms with Gasteiger partial charge in [0.25, 0.3) is 0 Å². The fourth-order valence-electron chi connectivity index (χ4n) is 2.16. The van der Waals surface area contributed by atoms with Crippen molar-refractivity contribution in [1.82, 2.24) is 25.4 Å². The first-order chi connectivity index (χ1) is 12.9. The van der Waals surface area contributed by atoms with E-state index in [-0.39, 0.29) is 12.3 Å². The summed E-state index contributed by atoms with van der Waals surface area (Å²) in [6, 6.07) is 4.42. The molecule has 0 saturated carbocycles. The number of hydrogen-bond donors (Lipinski definition) is 2. The third-order valence-corrected chi connectivity index (χ3v) is 3.89. The number of hydrogen-bond acceptors (Lipinski definition) is 4. The Labute approximate surface area is 161 Å². The molecule has 146 valence electrons. The van der Waals surface area contributed by atoms with Crippen LogP contribution >= 0.6 is 11.6 Å². The second-order valence-electron chi connectivity index (χ2n) is 5.54. The molecule has 0 saturated heterocycles. The van der Waals surface area contributed by atoms with E-state index in [1.165, 1.54) is 12.1 Å². The monoisotopic (exact) mass is 398 g/mol. The first kappa shape index (κ1) is 20.6. The van der Waals surface area contributed by atoms with Crippen LogP contribution in [-0.4, -0.2) is 33.9 Å². The van der Waals surface area contributed by atoms with Crippen molar-refractivity contribution in [1.29, 1.82) is 0 Å².